The van der Waals surface area contributed by atoms with E-state index in [1.807, 2.05) is 30.3 Å². The van der Waals surface area contributed by atoms with Crippen LogP contribution in [0.5, 0.6) is 0 Å². The van der Waals surface area contributed by atoms with Crippen LogP contribution in [-0.2, 0) is 17.9 Å². The number of anilines is 1. The Morgan fingerprint density at radius 1 is 1.07 bits per heavy atom. The number of nitrogens with zero attached hydrogens (tertiary/aromatic N) is 3. The van der Waals surface area contributed by atoms with Gasteiger partial charge in [-0.05, 0) is 12.1 Å². The van der Waals surface area contributed by atoms with Crippen LogP contribution in [0.15, 0.2) is 71.8 Å². The van der Waals surface area contributed by atoms with Crippen molar-refractivity contribution in [3.63, 3.8) is 0 Å². The Labute approximate surface area is 170 Å². The van der Waals surface area contributed by atoms with Gasteiger partial charge >= 0.3 is 0 Å². The van der Waals surface area contributed by atoms with Crippen LogP contribution in [0.25, 0.3) is 16.8 Å². The summed E-state index contributed by atoms with van der Waals surface area (Å²) < 4.78 is 2.70. The highest BCUT2D eigenvalue weighted by molar-refractivity contribution is 6.33. The summed E-state index contributed by atoms with van der Waals surface area (Å²) in [5, 5.41) is 17.4. The maximum atomic E-state index is 13.0. The van der Waals surface area contributed by atoms with Crippen LogP contribution in [0.3, 0.4) is 0 Å². The normalized spacial score (nSPS) is 11.0. The fourth-order valence-electron chi connectivity index (χ4n) is 3.16. The maximum absolute atomic E-state index is 13.0. The minimum Gasteiger partial charge on any atom is -0.392 e. The molecule has 2 N–H and O–H groups in total. The first kappa shape index (κ1) is 18.9. The second kappa shape index (κ2) is 7.90. The van der Waals surface area contributed by atoms with Gasteiger partial charge in [0.05, 0.1) is 23.0 Å². The summed E-state index contributed by atoms with van der Waals surface area (Å²) in [7, 11) is 0. The third kappa shape index (κ3) is 3.65. The van der Waals surface area contributed by atoms with Crippen molar-refractivity contribution in [1.29, 1.82) is 0 Å². The molecular formula is C21H17ClN4O3. The molecule has 2 aromatic heterocycles. The van der Waals surface area contributed by atoms with E-state index in [9.17, 15) is 14.7 Å². The first-order valence-corrected chi connectivity index (χ1v) is 9.27. The smallest absolute Gasteiger partial charge is 0.277 e. The van der Waals surface area contributed by atoms with Crippen molar-refractivity contribution in [3.05, 3.63) is 87.9 Å². The summed E-state index contributed by atoms with van der Waals surface area (Å²) in [6, 6.07) is 16.2. The lowest BCUT2D eigenvalue weighted by atomic mass is 10.1. The van der Waals surface area contributed by atoms with Gasteiger partial charge < -0.3 is 15.0 Å². The number of carbonyl (C=O) groups is 1. The lowest BCUT2D eigenvalue weighted by Crippen LogP contribution is -2.28. The molecule has 0 spiro atoms. The van der Waals surface area contributed by atoms with E-state index in [4.69, 9.17) is 11.6 Å². The van der Waals surface area contributed by atoms with Crippen molar-refractivity contribution in [2.45, 2.75) is 13.2 Å². The van der Waals surface area contributed by atoms with Gasteiger partial charge in [0.25, 0.3) is 5.56 Å². The summed E-state index contributed by atoms with van der Waals surface area (Å²) in [5.41, 5.74) is 2.04. The molecule has 0 saturated carbocycles. The predicted octanol–water partition coefficient (Wildman–Crippen LogP) is 2.95. The van der Waals surface area contributed by atoms with Crippen molar-refractivity contribution < 1.29 is 9.90 Å². The summed E-state index contributed by atoms with van der Waals surface area (Å²) in [5.74, 6) is -0.391. The predicted molar refractivity (Wildman–Crippen MR) is 111 cm³/mol. The fourth-order valence-corrected chi connectivity index (χ4v) is 3.34. The molecule has 146 valence electrons. The van der Waals surface area contributed by atoms with Crippen molar-refractivity contribution >= 4 is 28.7 Å². The summed E-state index contributed by atoms with van der Waals surface area (Å²) >= 11 is 6.06. The van der Waals surface area contributed by atoms with Gasteiger partial charge in [0, 0.05) is 23.5 Å². The van der Waals surface area contributed by atoms with E-state index in [0.29, 0.717) is 22.0 Å². The van der Waals surface area contributed by atoms with Crippen molar-refractivity contribution in [2.75, 3.05) is 5.32 Å². The number of hydrogen-bond acceptors (Lipinski definition) is 4. The second-order valence-corrected chi connectivity index (χ2v) is 6.81. The number of hydrogen-bond donors (Lipinski definition) is 2. The Kier molecular flexibility index (Phi) is 5.16. The molecule has 1 amide bonds. The lowest BCUT2D eigenvalue weighted by Gasteiger charge is -2.09. The summed E-state index contributed by atoms with van der Waals surface area (Å²) in [6.07, 6.45) is 3.08. The number of carbonyl (C=O) groups excluding carboxylic acids is 1. The van der Waals surface area contributed by atoms with Crippen LogP contribution in [0.1, 0.15) is 5.56 Å². The summed E-state index contributed by atoms with van der Waals surface area (Å²) in [4.78, 5) is 25.4. The molecule has 0 unspecified atom stereocenters. The van der Waals surface area contributed by atoms with E-state index in [2.05, 4.69) is 10.4 Å². The Morgan fingerprint density at radius 3 is 2.52 bits per heavy atom. The van der Waals surface area contributed by atoms with E-state index in [0.717, 1.165) is 5.56 Å². The minimum absolute atomic E-state index is 0.197. The molecule has 2 heterocycles. The molecule has 0 saturated heterocycles. The van der Waals surface area contributed by atoms with Gasteiger partial charge in [-0.2, -0.15) is 5.10 Å². The first-order chi connectivity index (χ1) is 14.1. The van der Waals surface area contributed by atoms with Crippen molar-refractivity contribution in [1.82, 2.24) is 14.2 Å². The number of aliphatic hydroxyl groups is 1. The molecule has 0 atom stereocenters. The van der Waals surface area contributed by atoms with Crippen LogP contribution >= 0.6 is 11.6 Å². The average molecular weight is 409 g/mol. The molecule has 7 nitrogen and oxygen atoms in total. The van der Waals surface area contributed by atoms with Gasteiger partial charge in [0.15, 0.2) is 0 Å². The van der Waals surface area contributed by atoms with E-state index >= 15 is 0 Å². The third-order valence-electron chi connectivity index (χ3n) is 4.53. The molecule has 0 aliphatic rings. The van der Waals surface area contributed by atoms with Crippen LogP contribution in [0, 0.1) is 0 Å². The number of nitrogens with one attached hydrogen (secondary N) is 1. The second-order valence-electron chi connectivity index (χ2n) is 6.40. The topological polar surface area (TPSA) is 88.6 Å². The number of halogens is 1. The first-order valence-electron chi connectivity index (χ1n) is 8.90. The van der Waals surface area contributed by atoms with Crippen molar-refractivity contribution in [2.24, 2.45) is 0 Å². The molecule has 8 heteroatoms. The molecule has 4 aromatic rings. The zero-order valence-electron chi connectivity index (χ0n) is 15.2. The van der Waals surface area contributed by atoms with Gasteiger partial charge in [-0.3, -0.25) is 9.59 Å². The molecule has 0 fully saturated rings. The largest absolute Gasteiger partial charge is 0.392 e. The molecule has 29 heavy (non-hydrogen) atoms. The average Bonchev–Trinajstić information content (AvgIpc) is 3.12. The van der Waals surface area contributed by atoms with Gasteiger partial charge in [0.1, 0.15) is 12.1 Å². The Morgan fingerprint density at radius 2 is 1.79 bits per heavy atom. The SMILES string of the molecule is O=C(Cn1ccn2nc(-c3ccccc3)c(CO)c2c1=O)Nc1ccccc1Cl. The number of fused-ring (bicyclic) bond motifs is 1. The highest BCUT2D eigenvalue weighted by Gasteiger charge is 2.18. The fraction of sp³-hybridized carbons (Fsp3) is 0.0952. The lowest BCUT2D eigenvalue weighted by molar-refractivity contribution is -0.116. The van der Waals surface area contributed by atoms with E-state index in [1.165, 1.54) is 15.3 Å². The quantitative estimate of drug-likeness (QED) is 0.531. The Bertz CT molecular complexity index is 1250. The summed E-state index contributed by atoms with van der Waals surface area (Å²) in [6.45, 7) is -0.546. The number of aromatic nitrogens is 3. The number of para-hydroxylation sites is 1. The van der Waals surface area contributed by atoms with Crippen LogP contribution in [0.4, 0.5) is 5.69 Å². The Hall–Kier alpha value is -3.42. The van der Waals surface area contributed by atoms with Gasteiger partial charge in [-0.25, -0.2) is 4.52 Å². The number of rotatable bonds is 5. The van der Waals surface area contributed by atoms with Crippen molar-refractivity contribution in [3.8, 4) is 11.3 Å². The number of benzene rings is 2. The monoisotopic (exact) mass is 408 g/mol. The Balaban J connectivity index is 1.70. The van der Waals surface area contributed by atoms with Gasteiger partial charge in [0.2, 0.25) is 5.91 Å². The highest BCUT2D eigenvalue weighted by Crippen LogP contribution is 2.24. The molecule has 0 bridgehead atoms. The molecule has 0 radical (unpaired) electrons. The molecular weight excluding hydrogens is 392 g/mol. The zero-order valence-corrected chi connectivity index (χ0v) is 16.0. The number of aliphatic hydroxyl groups excluding tert-OH is 1. The maximum Gasteiger partial charge on any atom is 0.277 e. The molecule has 2 aromatic carbocycles. The van der Waals surface area contributed by atoms with Crippen LogP contribution in [0.2, 0.25) is 5.02 Å². The van der Waals surface area contributed by atoms with E-state index in [1.54, 1.807) is 30.5 Å². The highest BCUT2D eigenvalue weighted by atomic mass is 35.5. The van der Waals surface area contributed by atoms with Crippen LogP contribution in [-0.4, -0.2) is 25.2 Å². The van der Waals surface area contributed by atoms with Gasteiger partial charge in [-0.1, -0.05) is 54.1 Å². The molecule has 0 aliphatic heterocycles. The minimum atomic E-state index is -0.416. The standard InChI is InChI=1S/C21H17ClN4O3/c22-16-8-4-5-9-17(16)23-18(28)12-25-10-11-26-20(21(25)29)15(13-27)19(24-26)14-6-2-1-3-7-14/h1-11,27H,12-13H2,(H,23,28). The number of amides is 1. The third-order valence-corrected chi connectivity index (χ3v) is 4.86. The van der Waals surface area contributed by atoms with E-state index in [-0.39, 0.29) is 18.7 Å². The van der Waals surface area contributed by atoms with Crippen LogP contribution < -0.4 is 10.9 Å². The van der Waals surface area contributed by atoms with Gasteiger partial charge in [-0.15, -0.1) is 0 Å². The molecule has 0 aliphatic carbocycles. The zero-order chi connectivity index (χ0) is 20.4. The van der Waals surface area contributed by atoms with E-state index < -0.39 is 11.5 Å². The molecule has 4 rings (SSSR count).